The average molecular weight is 401 g/mol. The van der Waals surface area contributed by atoms with Gasteiger partial charge in [-0.15, -0.1) is 0 Å². The first kappa shape index (κ1) is 19.0. The first-order valence-corrected chi connectivity index (χ1v) is 9.26. The molecule has 3 rings (SSSR count). The molecule has 1 aliphatic rings. The van der Waals surface area contributed by atoms with Gasteiger partial charge >= 0.3 is 6.18 Å². The van der Waals surface area contributed by atoms with Gasteiger partial charge < -0.3 is 4.90 Å². The summed E-state index contributed by atoms with van der Waals surface area (Å²) in [5.74, 6) is -0.0812. The smallest absolute Gasteiger partial charge is 0.337 e. The van der Waals surface area contributed by atoms with Crippen LogP contribution in [-0.2, 0) is 23.9 Å². The quantitative estimate of drug-likeness (QED) is 0.692. The SMILES string of the molecule is CC(Sc1ncc(C(F)(F)F)cc1Cl)C(=O)N1CCc2ccccc2C1. The minimum atomic E-state index is -4.50. The van der Waals surface area contributed by atoms with E-state index >= 15 is 0 Å². The molecule has 2 heterocycles. The van der Waals surface area contributed by atoms with Crippen molar-refractivity contribution in [1.82, 2.24) is 9.88 Å². The zero-order chi connectivity index (χ0) is 18.9. The van der Waals surface area contributed by atoms with Gasteiger partial charge in [-0.1, -0.05) is 47.6 Å². The Morgan fingerprint density at radius 2 is 2.00 bits per heavy atom. The molecule has 3 nitrogen and oxygen atoms in total. The zero-order valence-electron chi connectivity index (χ0n) is 13.9. The molecule has 1 amide bonds. The molecule has 1 aliphatic heterocycles. The highest BCUT2D eigenvalue weighted by Crippen LogP contribution is 2.35. The number of pyridine rings is 1. The second-order valence-electron chi connectivity index (χ2n) is 6.05. The summed E-state index contributed by atoms with van der Waals surface area (Å²) in [6, 6.07) is 8.82. The Bertz CT molecular complexity index is 828. The van der Waals surface area contributed by atoms with E-state index in [1.807, 2.05) is 18.2 Å². The highest BCUT2D eigenvalue weighted by Gasteiger charge is 2.32. The van der Waals surface area contributed by atoms with Gasteiger partial charge in [0.2, 0.25) is 5.91 Å². The first-order valence-electron chi connectivity index (χ1n) is 8.00. The zero-order valence-corrected chi connectivity index (χ0v) is 15.5. The van der Waals surface area contributed by atoms with E-state index in [4.69, 9.17) is 11.6 Å². The molecule has 1 aromatic carbocycles. The van der Waals surface area contributed by atoms with Crippen molar-refractivity contribution in [3.05, 3.63) is 58.2 Å². The minimum Gasteiger partial charge on any atom is -0.337 e. The number of halogens is 4. The van der Waals surface area contributed by atoms with Crippen LogP contribution in [0.15, 0.2) is 41.6 Å². The molecule has 2 aromatic rings. The number of hydrogen-bond acceptors (Lipinski definition) is 3. The molecule has 1 aromatic heterocycles. The van der Waals surface area contributed by atoms with Gasteiger partial charge in [0, 0.05) is 19.3 Å². The summed E-state index contributed by atoms with van der Waals surface area (Å²) in [5, 5.41) is -0.381. The number of alkyl halides is 3. The van der Waals surface area contributed by atoms with E-state index in [-0.39, 0.29) is 16.0 Å². The van der Waals surface area contributed by atoms with Gasteiger partial charge in [0.15, 0.2) is 0 Å². The van der Waals surface area contributed by atoms with Gasteiger partial charge in [-0.05, 0) is 30.5 Å². The van der Waals surface area contributed by atoms with Gasteiger partial charge in [-0.25, -0.2) is 4.98 Å². The van der Waals surface area contributed by atoms with E-state index in [0.29, 0.717) is 13.1 Å². The van der Waals surface area contributed by atoms with Crippen LogP contribution >= 0.6 is 23.4 Å². The van der Waals surface area contributed by atoms with Gasteiger partial charge in [-0.3, -0.25) is 4.79 Å². The molecule has 0 saturated heterocycles. The number of thioether (sulfide) groups is 1. The third kappa shape index (κ3) is 4.15. The number of amides is 1. The highest BCUT2D eigenvalue weighted by molar-refractivity contribution is 8.00. The second-order valence-corrected chi connectivity index (χ2v) is 7.78. The number of nitrogens with zero attached hydrogens (tertiary/aromatic N) is 2. The summed E-state index contributed by atoms with van der Waals surface area (Å²) in [5.41, 5.74) is 1.46. The van der Waals surface area contributed by atoms with E-state index < -0.39 is 17.0 Å². The largest absolute Gasteiger partial charge is 0.417 e. The van der Waals surface area contributed by atoms with Crippen molar-refractivity contribution in [1.29, 1.82) is 0 Å². The Morgan fingerprint density at radius 1 is 1.31 bits per heavy atom. The number of benzene rings is 1. The lowest BCUT2D eigenvalue weighted by Gasteiger charge is -2.30. The minimum absolute atomic E-state index is 0.0812. The van der Waals surface area contributed by atoms with Gasteiger partial charge in [-0.2, -0.15) is 13.2 Å². The summed E-state index contributed by atoms with van der Waals surface area (Å²) in [4.78, 5) is 18.3. The topological polar surface area (TPSA) is 33.2 Å². The van der Waals surface area contributed by atoms with Crippen molar-refractivity contribution in [2.45, 2.75) is 36.3 Å². The van der Waals surface area contributed by atoms with Crippen molar-refractivity contribution in [2.75, 3.05) is 6.54 Å². The standard InChI is InChI=1S/C18H16ClF3N2OS/c1-11(26-16-15(19)8-14(9-23-16)18(20,21)22)17(25)24-7-6-12-4-2-3-5-13(12)10-24/h2-5,8-9,11H,6-7,10H2,1H3. The van der Waals surface area contributed by atoms with E-state index in [1.165, 1.54) is 5.56 Å². The van der Waals surface area contributed by atoms with E-state index in [2.05, 4.69) is 11.1 Å². The summed E-state index contributed by atoms with van der Waals surface area (Å²) in [6.45, 7) is 2.87. The van der Waals surface area contributed by atoms with E-state index in [0.717, 1.165) is 36.0 Å². The number of hydrogen-bond donors (Lipinski definition) is 0. The van der Waals surface area contributed by atoms with Gasteiger partial charge in [0.25, 0.3) is 0 Å². The number of aromatic nitrogens is 1. The maximum Gasteiger partial charge on any atom is 0.417 e. The normalized spacial score (nSPS) is 15.5. The monoisotopic (exact) mass is 400 g/mol. The lowest BCUT2D eigenvalue weighted by atomic mass is 10.00. The molecule has 8 heteroatoms. The lowest BCUT2D eigenvalue weighted by Crippen LogP contribution is -2.40. The predicted octanol–water partition coefficient (Wildman–Crippen LogP) is 4.82. The maximum atomic E-state index is 12.7. The van der Waals surface area contributed by atoms with Crippen molar-refractivity contribution < 1.29 is 18.0 Å². The van der Waals surface area contributed by atoms with Crippen molar-refractivity contribution in [2.24, 2.45) is 0 Å². The summed E-state index contributed by atoms with van der Waals surface area (Å²) in [7, 11) is 0. The molecule has 0 saturated carbocycles. The highest BCUT2D eigenvalue weighted by atomic mass is 35.5. The molecule has 0 fully saturated rings. The number of carbonyl (C=O) groups excluding carboxylic acids is 1. The summed E-state index contributed by atoms with van der Waals surface area (Å²) in [6.07, 6.45) is -2.97. The van der Waals surface area contributed by atoms with E-state index in [9.17, 15) is 18.0 Å². The van der Waals surface area contributed by atoms with Crippen LogP contribution in [0.4, 0.5) is 13.2 Å². The third-order valence-corrected chi connectivity index (χ3v) is 5.72. The molecule has 1 atom stereocenters. The molecule has 0 spiro atoms. The summed E-state index contributed by atoms with van der Waals surface area (Å²) < 4.78 is 38.1. The Hall–Kier alpha value is -1.73. The van der Waals surface area contributed by atoms with Crippen LogP contribution in [0.2, 0.25) is 5.02 Å². The summed E-state index contributed by atoms with van der Waals surface area (Å²) >= 11 is 7.00. The first-order chi connectivity index (χ1) is 12.3. The predicted molar refractivity (Wildman–Crippen MR) is 95.1 cm³/mol. The van der Waals surface area contributed by atoms with Crippen molar-refractivity contribution in [3.8, 4) is 0 Å². The Balaban J connectivity index is 1.69. The van der Waals surface area contributed by atoms with Crippen molar-refractivity contribution >= 4 is 29.3 Å². The molecule has 0 N–H and O–H groups in total. The molecule has 1 unspecified atom stereocenters. The van der Waals surface area contributed by atoms with E-state index in [1.54, 1.807) is 11.8 Å². The molecular weight excluding hydrogens is 385 g/mol. The molecule has 0 radical (unpaired) electrons. The molecule has 0 aliphatic carbocycles. The number of fused-ring (bicyclic) bond motifs is 1. The van der Waals surface area contributed by atoms with Crippen LogP contribution in [0.5, 0.6) is 0 Å². The van der Waals surface area contributed by atoms with Gasteiger partial charge in [0.05, 0.1) is 15.8 Å². The fourth-order valence-electron chi connectivity index (χ4n) is 2.83. The second kappa shape index (κ2) is 7.48. The van der Waals surface area contributed by atoms with Crippen LogP contribution in [0.1, 0.15) is 23.6 Å². The van der Waals surface area contributed by atoms with Crippen LogP contribution < -0.4 is 0 Å². The third-order valence-electron chi connectivity index (χ3n) is 4.21. The molecule has 26 heavy (non-hydrogen) atoms. The lowest BCUT2D eigenvalue weighted by molar-refractivity contribution is -0.138. The molecule has 0 bridgehead atoms. The Kier molecular flexibility index (Phi) is 5.48. The van der Waals surface area contributed by atoms with Crippen LogP contribution in [-0.4, -0.2) is 27.6 Å². The fourth-order valence-corrected chi connectivity index (χ4v) is 4.00. The fraction of sp³-hybridized carbons (Fsp3) is 0.333. The van der Waals surface area contributed by atoms with Gasteiger partial charge in [0.1, 0.15) is 5.03 Å². The Labute approximate surface area is 158 Å². The average Bonchev–Trinajstić information content (AvgIpc) is 2.61. The number of carbonyl (C=O) groups is 1. The van der Waals surface area contributed by atoms with Crippen LogP contribution in [0.3, 0.4) is 0 Å². The maximum absolute atomic E-state index is 12.7. The van der Waals surface area contributed by atoms with Crippen LogP contribution in [0.25, 0.3) is 0 Å². The Morgan fingerprint density at radius 3 is 2.65 bits per heavy atom. The van der Waals surface area contributed by atoms with Crippen LogP contribution in [0, 0.1) is 0 Å². The van der Waals surface area contributed by atoms with Crippen molar-refractivity contribution in [3.63, 3.8) is 0 Å². The number of rotatable bonds is 3. The molecule has 138 valence electrons. The molecular formula is C18H16ClF3N2OS.